The molecule has 1 aromatic rings. The maximum Gasteiger partial charge on any atom is 0.222 e. The summed E-state index contributed by atoms with van der Waals surface area (Å²) in [5.74, 6) is 1.63. The first-order valence-corrected chi connectivity index (χ1v) is 10.5. The monoisotopic (exact) mass is 384 g/mol. The number of likely N-dealkylation sites (tertiary alicyclic amines) is 1. The van der Waals surface area contributed by atoms with Crippen LogP contribution in [-0.2, 0) is 11.3 Å². The molecule has 2 saturated heterocycles. The molecule has 4 rings (SSSR count). The molecule has 28 heavy (non-hydrogen) atoms. The first-order chi connectivity index (χ1) is 13.6. The highest BCUT2D eigenvalue weighted by atomic mass is 16.1. The van der Waals surface area contributed by atoms with Crippen LogP contribution in [0.1, 0.15) is 44.1 Å². The van der Waals surface area contributed by atoms with Gasteiger partial charge in [-0.25, -0.2) is 4.98 Å². The van der Waals surface area contributed by atoms with Crippen LogP contribution in [0.5, 0.6) is 0 Å². The topological polar surface area (TPSA) is 86.9 Å². The van der Waals surface area contributed by atoms with Gasteiger partial charge < -0.3 is 20.9 Å². The van der Waals surface area contributed by atoms with Gasteiger partial charge in [0.25, 0.3) is 0 Å². The molecule has 152 valence electrons. The molecule has 3 fully saturated rings. The van der Waals surface area contributed by atoms with E-state index in [0.717, 1.165) is 49.8 Å². The van der Waals surface area contributed by atoms with Crippen molar-refractivity contribution in [1.82, 2.24) is 15.2 Å². The zero-order valence-corrected chi connectivity index (χ0v) is 16.9. The van der Waals surface area contributed by atoms with Gasteiger partial charge >= 0.3 is 0 Å². The van der Waals surface area contributed by atoms with Crippen molar-refractivity contribution in [2.24, 2.45) is 22.1 Å². The van der Waals surface area contributed by atoms with Gasteiger partial charge in [0, 0.05) is 51.5 Å². The minimum absolute atomic E-state index is 0.0902. The second kappa shape index (κ2) is 7.97. The Morgan fingerprint density at radius 3 is 2.89 bits per heavy atom. The van der Waals surface area contributed by atoms with E-state index < -0.39 is 0 Å². The Balaban J connectivity index is 1.41. The van der Waals surface area contributed by atoms with Crippen LogP contribution < -0.4 is 16.0 Å². The lowest BCUT2D eigenvalue weighted by atomic mass is 9.68. The predicted molar refractivity (Wildman–Crippen MR) is 111 cm³/mol. The number of hydrogen-bond acceptors (Lipinski definition) is 4. The number of rotatable bonds is 4. The summed E-state index contributed by atoms with van der Waals surface area (Å²) in [5.41, 5.74) is 7.23. The summed E-state index contributed by atoms with van der Waals surface area (Å²) in [4.78, 5) is 25.4. The summed E-state index contributed by atoms with van der Waals surface area (Å²) >= 11 is 0. The Kier molecular flexibility index (Phi) is 5.42. The third kappa shape index (κ3) is 3.80. The van der Waals surface area contributed by atoms with E-state index in [0.29, 0.717) is 18.5 Å². The molecule has 7 nitrogen and oxygen atoms in total. The normalized spacial score (nSPS) is 24.3. The number of primary amides is 1. The summed E-state index contributed by atoms with van der Waals surface area (Å²) in [7, 11) is 1.86. The largest absolute Gasteiger partial charge is 0.369 e. The van der Waals surface area contributed by atoms with Crippen molar-refractivity contribution in [3.05, 3.63) is 23.9 Å². The Labute approximate surface area is 167 Å². The lowest BCUT2D eigenvalue weighted by molar-refractivity contribution is -0.122. The number of nitrogens with one attached hydrogen (secondary N) is 1. The molecule has 0 bridgehead atoms. The van der Waals surface area contributed by atoms with Gasteiger partial charge in [-0.1, -0.05) is 12.5 Å². The second-order valence-corrected chi connectivity index (χ2v) is 8.60. The molecule has 1 atom stereocenters. The number of nitrogens with zero attached hydrogens (tertiary/aromatic N) is 4. The van der Waals surface area contributed by atoms with Crippen LogP contribution in [0.25, 0.3) is 0 Å². The number of nitrogens with two attached hydrogens (primary N) is 1. The van der Waals surface area contributed by atoms with Crippen molar-refractivity contribution in [2.75, 3.05) is 38.1 Å². The van der Waals surface area contributed by atoms with E-state index in [9.17, 15) is 4.79 Å². The predicted octanol–water partition coefficient (Wildman–Crippen LogP) is 1.73. The fourth-order valence-electron chi connectivity index (χ4n) is 4.96. The Morgan fingerprint density at radius 2 is 2.21 bits per heavy atom. The van der Waals surface area contributed by atoms with Gasteiger partial charge in [0.2, 0.25) is 5.91 Å². The van der Waals surface area contributed by atoms with Crippen molar-refractivity contribution < 1.29 is 4.79 Å². The first-order valence-electron chi connectivity index (χ1n) is 10.5. The van der Waals surface area contributed by atoms with Crippen molar-refractivity contribution in [3.8, 4) is 0 Å². The number of anilines is 1. The minimum Gasteiger partial charge on any atom is -0.369 e. The summed E-state index contributed by atoms with van der Waals surface area (Å²) in [6.07, 6.45) is 9.05. The Hall–Kier alpha value is -2.31. The summed E-state index contributed by atoms with van der Waals surface area (Å²) in [6, 6.07) is 4.08. The first kappa shape index (κ1) is 19.0. The SMILES string of the molecule is CN=C(NCc1cccnc1N1CCCC(C(N)=O)C1)N1CCC2(CCC2)C1. The minimum atomic E-state index is -0.209. The van der Waals surface area contributed by atoms with Gasteiger partial charge in [-0.2, -0.15) is 0 Å². The average Bonchev–Trinajstić information content (AvgIpc) is 3.15. The van der Waals surface area contributed by atoms with Gasteiger partial charge in [0.05, 0.1) is 5.92 Å². The highest BCUT2D eigenvalue weighted by molar-refractivity contribution is 5.80. The molecular weight excluding hydrogens is 352 g/mol. The molecule has 1 saturated carbocycles. The lowest BCUT2D eigenvalue weighted by Crippen LogP contribution is -2.43. The van der Waals surface area contributed by atoms with Gasteiger partial charge in [0.15, 0.2) is 5.96 Å². The van der Waals surface area contributed by atoms with E-state index >= 15 is 0 Å². The zero-order chi connectivity index (χ0) is 19.6. The Morgan fingerprint density at radius 1 is 1.36 bits per heavy atom. The van der Waals surface area contributed by atoms with Crippen LogP contribution in [0.2, 0.25) is 0 Å². The van der Waals surface area contributed by atoms with E-state index in [-0.39, 0.29) is 11.8 Å². The number of aliphatic imine (C=N–C) groups is 1. The molecule has 7 heteroatoms. The van der Waals surface area contributed by atoms with Gasteiger partial charge in [-0.3, -0.25) is 9.79 Å². The van der Waals surface area contributed by atoms with Gasteiger partial charge in [0.1, 0.15) is 5.82 Å². The van der Waals surface area contributed by atoms with E-state index in [1.165, 1.54) is 25.7 Å². The van der Waals surface area contributed by atoms with Crippen LogP contribution in [-0.4, -0.2) is 55.0 Å². The standard InChI is InChI=1S/C21H32N6O/c1-23-20(27-12-9-21(15-27)7-4-8-21)25-13-16-5-2-10-24-19(16)26-11-3-6-17(14-26)18(22)28/h2,5,10,17H,3-4,6-9,11-15H2,1H3,(H2,22,28)(H,23,25). The molecule has 1 amide bonds. The van der Waals surface area contributed by atoms with Gasteiger partial charge in [-0.15, -0.1) is 0 Å². The van der Waals surface area contributed by atoms with E-state index in [1.54, 1.807) is 0 Å². The number of amides is 1. The number of pyridine rings is 1. The van der Waals surface area contributed by atoms with Crippen molar-refractivity contribution in [2.45, 2.75) is 45.1 Å². The van der Waals surface area contributed by atoms with Crippen LogP contribution in [0, 0.1) is 11.3 Å². The molecule has 3 aliphatic rings. The van der Waals surface area contributed by atoms with Crippen molar-refractivity contribution in [3.63, 3.8) is 0 Å². The molecule has 1 aromatic heterocycles. The summed E-state index contributed by atoms with van der Waals surface area (Å²) in [5, 5.41) is 3.54. The fraction of sp³-hybridized carbons (Fsp3) is 0.667. The van der Waals surface area contributed by atoms with Crippen molar-refractivity contribution in [1.29, 1.82) is 0 Å². The number of hydrogen-bond donors (Lipinski definition) is 2. The van der Waals surface area contributed by atoms with E-state index in [2.05, 4.69) is 31.2 Å². The summed E-state index contributed by atoms with van der Waals surface area (Å²) < 4.78 is 0. The second-order valence-electron chi connectivity index (χ2n) is 8.60. The van der Waals surface area contributed by atoms with Gasteiger partial charge in [-0.05, 0) is 43.6 Å². The van der Waals surface area contributed by atoms with Crippen molar-refractivity contribution >= 4 is 17.7 Å². The molecule has 1 aliphatic carbocycles. The van der Waals surface area contributed by atoms with Crippen LogP contribution in [0.3, 0.4) is 0 Å². The highest BCUT2D eigenvalue weighted by Gasteiger charge is 2.43. The lowest BCUT2D eigenvalue weighted by Gasteiger charge is -2.38. The third-order valence-electron chi connectivity index (χ3n) is 6.79. The van der Waals surface area contributed by atoms with E-state index in [1.807, 2.05) is 19.3 Å². The zero-order valence-electron chi connectivity index (χ0n) is 16.9. The fourth-order valence-corrected chi connectivity index (χ4v) is 4.96. The van der Waals surface area contributed by atoms with Crippen LogP contribution >= 0.6 is 0 Å². The molecule has 2 aliphatic heterocycles. The number of guanidine groups is 1. The molecular formula is C21H32N6O. The molecule has 3 heterocycles. The Bertz CT molecular complexity index is 744. The molecule has 0 radical (unpaired) electrons. The maximum absolute atomic E-state index is 11.6. The summed E-state index contributed by atoms with van der Waals surface area (Å²) in [6.45, 7) is 4.46. The molecule has 0 aromatic carbocycles. The number of carbonyl (C=O) groups is 1. The molecule has 1 unspecified atom stereocenters. The molecule has 1 spiro atoms. The third-order valence-corrected chi connectivity index (χ3v) is 6.79. The highest BCUT2D eigenvalue weighted by Crippen LogP contribution is 2.47. The molecule has 3 N–H and O–H groups in total. The van der Waals surface area contributed by atoms with Crippen LogP contribution in [0.15, 0.2) is 23.3 Å². The van der Waals surface area contributed by atoms with Crippen LogP contribution in [0.4, 0.5) is 5.82 Å². The smallest absolute Gasteiger partial charge is 0.222 e. The number of carbonyl (C=O) groups excluding carboxylic acids is 1. The average molecular weight is 385 g/mol. The maximum atomic E-state index is 11.6. The quantitative estimate of drug-likeness (QED) is 0.610. The number of piperidine rings is 1. The number of aromatic nitrogens is 1. The van der Waals surface area contributed by atoms with E-state index in [4.69, 9.17) is 5.73 Å².